The number of esters is 2. The first-order valence-electron chi connectivity index (χ1n) is 10.9. The molecular formula is C24H31NO6. The van der Waals surface area contributed by atoms with E-state index in [2.05, 4.69) is 5.32 Å². The zero-order valence-electron chi connectivity index (χ0n) is 18.3. The van der Waals surface area contributed by atoms with E-state index in [-0.39, 0.29) is 37.6 Å². The fourth-order valence-electron chi connectivity index (χ4n) is 5.26. The van der Waals surface area contributed by atoms with Gasteiger partial charge in [-0.15, -0.1) is 0 Å². The number of amides is 1. The number of benzene rings is 1. The van der Waals surface area contributed by atoms with Crippen LogP contribution >= 0.6 is 0 Å². The molecule has 0 heterocycles. The second-order valence-corrected chi connectivity index (χ2v) is 8.03. The Kier molecular flexibility index (Phi) is 7.36. The SMILES string of the molecule is C/C=C/[C@@H]1C[C@@H]2C[C@H]1[C@](NC(=O)OCc1ccccc1)(C(=O)OCC)[C@@H]2C(=O)OCC. The number of alkyl carbamates (subject to hydrolysis) is 1. The highest BCUT2D eigenvalue weighted by Gasteiger charge is 2.69. The van der Waals surface area contributed by atoms with E-state index in [1.54, 1.807) is 13.8 Å². The lowest BCUT2D eigenvalue weighted by molar-refractivity contribution is -0.168. The van der Waals surface area contributed by atoms with Gasteiger partial charge in [0.1, 0.15) is 6.61 Å². The van der Waals surface area contributed by atoms with E-state index in [4.69, 9.17) is 14.2 Å². The molecule has 1 N–H and O–H groups in total. The molecule has 2 bridgehead atoms. The summed E-state index contributed by atoms with van der Waals surface area (Å²) in [4.78, 5) is 39.1. The summed E-state index contributed by atoms with van der Waals surface area (Å²) in [5.41, 5.74) is -0.687. The predicted octanol–water partition coefficient (Wildman–Crippen LogP) is 3.63. The third-order valence-electron chi connectivity index (χ3n) is 6.31. The second kappa shape index (κ2) is 9.98. The van der Waals surface area contributed by atoms with Gasteiger partial charge in [-0.05, 0) is 51.0 Å². The number of carbonyl (C=O) groups excluding carboxylic acids is 3. The van der Waals surface area contributed by atoms with Gasteiger partial charge in [0.25, 0.3) is 0 Å². The molecule has 2 fully saturated rings. The summed E-state index contributed by atoms with van der Waals surface area (Å²) in [6.07, 6.45) is 4.63. The van der Waals surface area contributed by atoms with Crippen molar-refractivity contribution in [2.75, 3.05) is 13.2 Å². The zero-order chi connectivity index (χ0) is 22.4. The van der Waals surface area contributed by atoms with E-state index in [9.17, 15) is 14.4 Å². The Bertz CT molecular complexity index is 823. The molecule has 0 aromatic heterocycles. The molecule has 2 aliphatic carbocycles. The quantitative estimate of drug-likeness (QED) is 0.386. The second-order valence-electron chi connectivity index (χ2n) is 8.03. The molecule has 0 saturated heterocycles. The molecule has 168 valence electrons. The Morgan fingerprint density at radius 3 is 2.42 bits per heavy atom. The van der Waals surface area contributed by atoms with Gasteiger partial charge < -0.3 is 19.5 Å². The molecule has 1 amide bonds. The molecule has 5 atom stereocenters. The zero-order valence-corrected chi connectivity index (χ0v) is 18.3. The smallest absolute Gasteiger partial charge is 0.408 e. The predicted molar refractivity (Wildman–Crippen MR) is 114 cm³/mol. The summed E-state index contributed by atoms with van der Waals surface area (Å²) >= 11 is 0. The van der Waals surface area contributed by atoms with Crippen LogP contribution in [0.25, 0.3) is 0 Å². The summed E-state index contributed by atoms with van der Waals surface area (Å²) < 4.78 is 16.1. The molecular weight excluding hydrogens is 398 g/mol. The van der Waals surface area contributed by atoms with Crippen LogP contribution in [0.1, 0.15) is 39.2 Å². The molecule has 31 heavy (non-hydrogen) atoms. The van der Waals surface area contributed by atoms with Crippen molar-refractivity contribution < 1.29 is 28.6 Å². The highest BCUT2D eigenvalue weighted by Crippen LogP contribution is 2.58. The van der Waals surface area contributed by atoms with Gasteiger partial charge in [-0.2, -0.15) is 0 Å². The van der Waals surface area contributed by atoms with E-state index in [0.29, 0.717) is 6.42 Å². The lowest BCUT2D eigenvalue weighted by atomic mass is 9.68. The minimum absolute atomic E-state index is 0.0551. The summed E-state index contributed by atoms with van der Waals surface area (Å²) in [6.45, 7) is 5.74. The summed E-state index contributed by atoms with van der Waals surface area (Å²) in [5, 5.41) is 2.79. The highest BCUT2D eigenvalue weighted by atomic mass is 16.6. The number of allylic oxidation sites excluding steroid dienone is 2. The van der Waals surface area contributed by atoms with Crippen LogP contribution in [-0.4, -0.2) is 36.8 Å². The van der Waals surface area contributed by atoms with E-state index in [1.807, 2.05) is 49.4 Å². The number of hydrogen-bond acceptors (Lipinski definition) is 6. The van der Waals surface area contributed by atoms with Gasteiger partial charge in [0.05, 0.1) is 19.1 Å². The molecule has 3 rings (SSSR count). The third-order valence-corrected chi connectivity index (χ3v) is 6.31. The minimum atomic E-state index is -1.51. The average molecular weight is 430 g/mol. The van der Waals surface area contributed by atoms with E-state index in [1.165, 1.54) is 0 Å². The van der Waals surface area contributed by atoms with Gasteiger partial charge in [0.2, 0.25) is 0 Å². The van der Waals surface area contributed by atoms with Crippen LogP contribution in [0.2, 0.25) is 0 Å². The molecule has 7 nitrogen and oxygen atoms in total. The monoisotopic (exact) mass is 429 g/mol. The van der Waals surface area contributed by atoms with Crippen LogP contribution in [0.5, 0.6) is 0 Å². The van der Waals surface area contributed by atoms with Crippen molar-refractivity contribution in [2.45, 2.75) is 45.8 Å². The largest absolute Gasteiger partial charge is 0.466 e. The minimum Gasteiger partial charge on any atom is -0.466 e. The molecule has 2 saturated carbocycles. The Labute approximate surface area is 183 Å². The van der Waals surface area contributed by atoms with Crippen LogP contribution in [0, 0.1) is 23.7 Å². The van der Waals surface area contributed by atoms with E-state index >= 15 is 0 Å². The van der Waals surface area contributed by atoms with Crippen molar-refractivity contribution >= 4 is 18.0 Å². The van der Waals surface area contributed by atoms with Crippen LogP contribution in [0.4, 0.5) is 4.79 Å². The maximum absolute atomic E-state index is 13.3. The highest BCUT2D eigenvalue weighted by molar-refractivity contribution is 5.94. The van der Waals surface area contributed by atoms with Crippen molar-refractivity contribution in [3.63, 3.8) is 0 Å². The molecule has 2 aliphatic rings. The number of carbonyl (C=O) groups is 3. The topological polar surface area (TPSA) is 90.9 Å². The number of ether oxygens (including phenoxy) is 3. The third kappa shape index (κ3) is 4.45. The van der Waals surface area contributed by atoms with Crippen LogP contribution < -0.4 is 5.32 Å². The number of rotatable bonds is 8. The molecule has 0 aliphatic heterocycles. The molecule has 0 unspecified atom stereocenters. The number of hydrogen-bond donors (Lipinski definition) is 1. The number of nitrogens with one attached hydrogen (secondary N) is 1. The lowest BCUT2D eigenvalue weighted by Crippen LogP contribution is -2.66. The molecule has 1 aromatic carbocycles. The molecule has 7 heteroatoms. The van der Waals surface area contributed by atoms with Crippen LogP contribution in [0.15, 0.2) is 42.5 Å². The molecule has 0 spiro atoms. The van der Waals surface area contributed by atoms with Crippen molar-refractivity contribution in [3.05, 3.63) is 48.0 Å². The van der Waals surface area contributed by atoms with Gasteiger partial charge in [-0.3, -0.25) is 4.79 Å². The van der Waals surface area contributed by atoms with E-state index < -0.39 is 29.5 Å². The van der Waals surface area contributed by atoms with Crippen molar-refractivity contribution in [2.24, 2.45) is 23.7 Å². The standard InChI is InChI=1S/C24H31NO6/c1-4-10-17-13-18-14-19(17)24(22(27)30-6-3,20(18)21(26)29-5-2)25-23(28)31-15-16-11-8-7-9-12-16/h4,7-12,17-20H,5-6,13-15H2,1-3H3,(H,25,28)/b10-4+/t17-,18-,19-,20+,24-/m1/s1. The Balaban J connectivity index is 1.91. The normalized spacial score (nSPS) is 29.0. The van der Waals surface area contributed by atoms with E-state index in [0.717, 1.165) is 12.0 Å². The Hall–Kier alpha value is -2.83. The Morgan fingerprint density at radius 2 is 1.77 bits per heavy atom. The van der Waals surface area contributed by atoms with Gasteiger partial charge >= 0.3 is 18.0 Å². The first kappa shape index (κ1) is 22.8. The summed E-state index contributed by atoms with van der Waals surface area (Å²) in [6, 6.07) is 9.26. The van der Waals surface area contributed by atoms with Crippen LogP contribution in [0.3, 0.4) is 0 Å². The summed E-state index contributed by atoms with van der Waals surface area (Å²) in [7, 11) is 0. The van der Waals surface area contributed by atoms with Gasteiger partial charge in [-0.25, -0.2) is 9.59 Å². The first-order chi connectivity index (χ1) is 15.0. The fraction of sp³-hybridized carbons (Fsp3) is 0.542. The van der Waals surface area contributed by atoms with Crippen molar-refractivity contribution in [1.82, 2.24) is 5.32 Å². The number of fused-ring (bicyclic) bond motifs is 2. The van der Waals surface area contributed by atoms with Crippen molar-refractivity contribution in [3.8, 4) is 0 Å². The Morgan fingerprint density at radius 1 is 1.06 bits per heavy atom. The molecule has 1 aromatic rings. The van der Waals surface area contributed by atoms with Gasteiger partial charge in [0, 0.05) is 5.92 Å². The molecule has 0 radical (unpaired) electrons. The summed E-state index contributed by atoms with van der Waals surface area (Å²) in [5.74, 6) is -2.19. The first-order valence-corrected chi connectivity index (χ1v) is 10.9. The average Bonchev–Trinajstić information content (AvgIpc) is 3.30. The van der Waals surface area contributed by atoms with Crippen molar-refractivity contribution in [1.29, 1.82) is 0 Å². The fourth-order valence-corrected chi connectivity index (χ4v) is 5.26. The van der Waals surface area contributed by atoms with Gasteiger partial charge in [-0.1, -0.05) is 42.5 Å². The van der Waals surface area contributed by atoms with Crippen LogP contribution in [-0.2, 0) is 30.4 Å². The maximum atomic E-state index is 13.3. The van der Waals surface area contributed by atoms with Gasteiger partial charge in [0.15, 0.2) is 5.54 Å². The lowest BCUT2D eigenvalue weighted by Gasteiger charge is -2.43. The maximum Gasteiger partial charge on any atom is 0.408 e.